The van der Waals surface area contributed by atoms with Crippen LogP contribution in [0.1, 0.15) is 38.5 Å². The van der Waals surface area contributed by atoms with Crippen LogP contribution in [0.25, 0.3) is 0 Å². The molecule has 4 aliphatic carbocycles. The van der Waals surface area contributed by atoms with E-state index in [-0.39, 0.29) is 11.6 Å². The lowest BCUT2D eigenvalue weighted by molar-refractivity contribution is -0.0127. The second-order valence-corrected chi connectivity index (χ2v) is 6.65. The first kappa shape index (κ1) is 11.3. The number of hydrogen-bond acceptors (Lipinski definition) is 3. The van der Waals surface area contributed by atoms with Gasteiger partial charge in [-0.3, -0.25) is 5.32 Å². The first-order chi connectivity index (χ1) is 9.21. The zero-order valence-corrected chi connectivity index (χ0v) is 10.9. The number of nitrogens with zero attached hydrogens (tertiary/aromatic N) is 1. The number of aromatic nitrogens is 1. The largest absolute Gasteiger partial charge is 0.338 e. The Morgan fingerprint density at radius 1 is 1.21 bits per heavy atom. The fourth-order valence-corrected chi connectivity index (χ4v) is 4.93. The van der Waals surface area contributed by atoms with Crippen molar-refractivity contribution in [2.75, 3.05) is 5.32 Å². The van der Waals surface area contributed by atoms with Crippen LogP contribution in [0.2, 0.25) is 0 Å². The molecule has 2 amide bonds. The van der Waals surface area contributed by atoms with E-state index >= 15 is 0 Å². The Labute approximate surface area is 112 Å². The van der Waals surface area contributed by atoms with Crippen LogP contribution in [0.3, 0.4) is 0 Å². The molecule has 4 aliphatic rings. The maximum Gasteiger partial charge on any atom is 0.322 e. The highest BCUT2D eigenvalue weighted by atomic mass is 16.5. The van der Waals surface area contributed by atoms with E-state index in [1.807, 2.05) is 0 Å². The monoisotopic (exact) mass is 261 g/mol. The normalized spacial score (nSPS) is 39.3. The fraction of sp³-hybridized carbons (Fsp3) is 0.714. The predicted octanol–water partition coefficient (Wildman–Crippen LogP) is 2.76. The van der Waals surface area contributed by atoms with Gasteiger partial charge in [-0.15, -0.1) is 0 Å². The molecule has 0 saturated heterocycles. The van der Waals surface area contributed by atoms with Gasteiger partial charge in [-0.2, -0.15) is 0 Å². The van der Waals surface area contributed by atoms with E-state index in [0.29, 0.717) is 5.88 Å². The third kappa shape index (κ3) is 2.01. The topological polar surface area (TPSA) is 67.2 Å². The van der Waals surface area contributed by atoms with Crippen molar-refractivity contribution in [1.29, 1.82) is 0 Å². The molecule has 4 saturated carbocycles. The second kappa shape index (κ2) is 3.99. The van der Waals surface area contributed by atoms with Gasteiger partial charge < -0.3 is 9.84 Å². The average Bonchev–Trinajstić information content (AvgIpc) is 2.78. The van der Waals surface area contributed by atoms with E-state index in [9.17, 15) is 4.79 Å². The van der Waals surface area contributed by atoms with Gasteiger partial charge in [0, 0.05) is 11.6 Å². The SMILES string of the molecule is O=C(Nc1ccno1)NC12CC3CC(CC(C3)C1)C2. The molecule has 0 unspecified atom stereocenters. The van der Waals surface area contributed by atoms with Crippen molar-refractivity contribution in [3.8, 4) is 0 Å². The smallest absolute Gasteiger partial charge is 0.322 e. The Hall–Kier alpha value is -1.52. The molecule has 1 aromatic rings. The molecule has 5 heteroatoms. The predicted molar refractivity (Wildman–Crippen MR) is 69.6 cm³/mol. The summed E-state index contributed by atoms with van der Waals surface area (Å²) in [6.45, 7) is 0. The van der Waals surface area contributed by atoms with Crippen LogP contribution in [0.5, 0.6) is 0 Å². The van der Waals surface area contributed by atoms with Gasteiger partial charge in [-0.1, -0.05) is 5.16 Å². The van der Waals surface area contributed by atoms with Crippen molar-refractivity contribution in [3.05, 3.63) is 12.3 Å². The minimum atomic E-state index is -0.154. The highest BCUT2D eigenvalue weighted by Gasteiger charge is 2.51. The summed E-state index contributed by atoms with van der Waals surface area (Å²) in [5.41, 5.74) is 0.0405. The van der Waals surface area contributed by atoms with Crippen LogP contribution in [0.4, 0.5) is 10.7 Å². The minimum absolute atomic E-state index is 0.0405. The van der Waals surface area contributed by atoms with Crippen molar-refractivity contribution in [2.24, 2.45) is 17.8 Å². The summed E-state index contributed by atoms with van der Waals surface area (Å²) in [5, 5.41) is 9.53. The van der Waals surface area contributed by atoms with E-state index in [4.69, 9.17) is 4.52 Å². The van der Waals surface area contributed by atoms with Crippen molar-refractivity contribution in [3.63, 3.8) is 0 Å². The zero-order chi connectivity index (χ0) is 12.9. The summed E-state index contributed by atoms with van der Waals surface area (Å²) in [6, 6.07) is 1.50. The number of amides is 2. The Morgan fingerprint density at radius 3 is 2.37 bits per heavy atom. The molecular formula is C14H19N3O2. The van der Waals surface area contributed by atoms with Crippen LogP contribution < -0.4 is 10.6 Å². The van der Waals surface area contributed by atoms with Crippen LogP contribution in [-0.4, -0.2) is 16.7 Å². The highest BCUT2D eigenvalue weighted by molar-refractivity contribution is 5.88. The first-order valence-corrected chi connectivity index (χ1v) is 7.21. The number of urea groups is 1. The summed E-state index contributed by atoms with van der Waals surface area (Å²) in [5.74, 6) is 2.90. The summed E-state index contributed by atoms with van der Waals surface area (Å²) >= 11 is 0. The number of carbonyl (C=O) groups is 1. The number of hydrogen-bond donors (Lipinski definition) is 2. The summed E-state index contributed by atoms with van der Waals surface area (Å²) in [4.78, 5) is 12.1. The summed E-state index contributed by atoms with van der Waals surface area (Å²) in [7, 11) is 0. The molecule has 4 bridgehead atoms. The van der Waals surface area contributed by atoms with Crippen molar-refractivity contribution < 1.29 is 9.32 Å². The Kier molecular flexibility index (Phi) is 2.37. The van der Waals surface area contributed by atoms with Gasteiger partial charge >= 0.3 is 6.03 Å². The highest BCUT2D eigenvalue weighted by Crippen LogP contribution is 2.55. The molecule has 1 aromatic heterocycles. The average molecular weight is 261 g/mol. The maximum absolute atomic E-state index is 12.1. The molecule has 5 rings (SSSR count). The lowest BCUT2D eigenvalue weighted by Crippen LogP contribution is -2.60. The Morgan fingerprint density at radius 2 is 1.84 bits per heavy atom. The van der Waals surface area contributed by atoms with E-state index in [1.54, 1.807) is 6.07 Å². The molecule has 102 valence electrons. The molecule has 5 nitrogen and oxygen atoms in total. The van der Waals surface area contributed by atoms with Crippen LogP contribution in [0.15, 0.2) is 16.8 Å². The van der Waals surface area contributed by atoms with Crippen molar-refractivity contribution >= 4 is 11.9 Å². The molecular weight excluding hydrogens is 242 g/mol. The number of carbonyl (C=O) groups excluding carboxylic acids is 1. The number of nitrogens with one attached hydrogen (secondary N) is 2. The van der Waals surface area contributed by atoms with Crippen molar-refractivity contribution in [1.82, 2.24) is 10.5 Å². The van der Waals surface area contributed by atoms with Gasteiger partial charge in [0.05, 0.1) is 6.20 Å². The first-order valence-electron chi connectivity index (χ1n) is 7.21. The van der Waals surface area contributed by atoms with Crippen LogP contribution in [-0.2, 0) is 0 Å². The summed E-state index contributed by atoms with van der Waals surface area (Å²) in [6.07, 6.45) is 9.13. The summed E-state index contributed by atoms with van der Waals surface area (Å²) < 4.78 is 4.90. The quantitative estimate of drug-likeness (QED) is 0.860. The van der Waals surface area contributed by atoms with Gasteiger partial charge in [0.25, 0.3) is 0 Å². The molecule has 0 radical (unpaired) electrons. The molecule has 0 spiro atoms. The van der Waals surface area contributed by atoms with Crippen LogP contribution in [0, 0.1) is 17.8 Å². The molecule has 2 N–H and O–H groups in total. The lowest BCUT2D eigenvalue weighted by atomic mass is 9.53. The zero-order valence-electron chi connectivity index (χ0n) is 10.9. The second-order valence-electron chi connectivity index (χ2n) is 6.65. The molecule has 4 fully saturated rings. The van der Waals surface area contributed by atoms with E-state index < -0.39 is 0 Å². The van der Waals surface area contributed by atoms with Gasteiger partial charge in [0.1, 0.15) is 0 Å². The van der Waals surface area contributed by atoms with Gasteiger partial charge in [0.2, 0.25) is 5.88 Å². The fourth-order valence-electron chi connectivity index (χ4n) is 4.93. The van der Waals surface area contributed by atoms with Gasteiger partial charge in [0.15, 0.2) is 0 Å². The molecule has 19 heavy (non-hydrogen) atoms. The third-order valence-corrected chi connectivity index (χ3v) is 5.09. The lowest BCUT2D eigenvalue weighted by Gasteiger charge is -2.56. The molecule has 0 aliphatic heterocycles. The Balaban J connectivity index is 1.46. The van der Waals surface area contributed by atoms with Gasteiger partial charge in [-0.05, 0) is 56.3 Å². The molecule has 0 atom stereocenters. The van der Waals surface area contributed by atoms with E-state index in [1.165, 1.54) is 25.5 Å². The van der Waals surface area contributed by atoms with E-state index in [0.717, 1.165) is 37.0 Å². The van der Waals surface area contributed by atoms with Gasteiger partial charge in [-0.25, -0.2) is 4.79 Å². The standard InChI is InChI=1S/C14H19N3O2/c18-13(16-12-1-2-15-19-12)17-14-6-9-3-10(7-14)5-11(4-9)8-14/h1-2,9-11H,3-8H2,(H2,16,17,18). The maximum atomic E-state index is 12.1. The van der Waals surface area contributed by atoms with Crippen LogP contribution >= 0.6 is 0 Å². The number of anilines is 1. The minimum Gasteiger partial charge on any atom is -0.338 e. The third-order valence-electron chi connectivity index (χ3n) is 5.09. The number of rotatable bonds is 2. The Bertz CT molecular complexity index is 448. The molecule has 1 heterocycles. The molecule has 0 aromatic carbocycles. The van der Waals surface area contributed by atoms with E-state index in [2.05, 4.69) is 15.8 Å². The van der Waals surface area contributed by atoms with Crippen molar-refractivity contribution in [2.45, 2.75) is 44.1 Å².